The zero-order valence-electron chi connectivity index (χ0n) is 18.5. The lowest BCUT2D eigenvalue weighted by atomic mass is 9.98. The summed E-state index contributed by atoms with van der Waals surface area (Å²) in [4.78, 5) is 6.91. The van der Waals surface area contributed by atoms with Crippen molar-refractivity contribution < 1.29 is 0 Å². The molecular weight excluding hydrogens is 437 g/mol. The van der Waals surface area contributed by atoms with E-state index in [4.69, 9.17) is 0 Å². The molecule has 0 fully saturated rings. The number of benzene rings is 1. The summed E-state index contributed by atoms with van der Waals surface area (Å²) < 4.78 is 0. The van der Waals surface area contributed by atoms with Crippen molar-refractivity contribution in [1.82, 2.24) is 9.88 Å². The van der Waals surface area contributed by atoms with E-state index in [2.05, 4.69) is 95.0 Å². The molecule has 0 N–H and O–H groups in total. The number of allylic oxidation sites excluding steroid dienone is 1. The topological polar surface area (TPSA) is 16.1 Å². The highest BCUT2D eigenvalue weighted by Crippen LogP contribution is 2.24. The molecule has 0 aliphatic heterocycles. The maximum Gasteiger partial charge on any atom is 0.0795 e. The lowest BCUT2D eigenvalue weighted by molar-refractivity contribution is 0.310. The molecule has 0 aliphatic carbocycles. The van der Waals surface area contributed by atoms with Crippen LogP contribution in [0.1, 0.15) is 32.0 Å². The highest BCUT2D eigenvalue weighted by atomic mass is 32.2. The van der Waals surface area contributed by atoms with Gasteiger partial charge in [0.05, 0.1) is 11.2 Å². The molecule has 0 bridgehead atoms. The Kier molecular flexibility index (Phi) is 9.42. The second-order valence-corrected chi connectivity index (χ2v) is 11.0. The maximum absolute atomic E-state index is 4.46. The minimum Gasteiger partial charge on any atom is -0.293 e. The molecule has 5 heteroatoms. The first-order valence-electron chi connectivity index (χ1n) is 10.5. The third-order valence-corrected chi connectivity index (χ3v) is 6.81. The van der Waals surface area contributed by atoms with Crippen molar-refractivity contribution in [2.75, 3.05) is 18.8 Å². The fraction of sp³-hybridized carbons (Fsp3) is 0.346. The van der Waals surface area contributed by atoms with Crippen LogP contribution in [0, 0.1) is 17.3 Å². The zero-order valence-corrected chi connectivity index (χ0v) is 21.0. The van der Waals surface area contributed by atoms with Crippen LogP contribution in [0.25, 0.3) is 11.1 Å². The van der Waals surface area contributed by atoms with Crippen LogP contribution in [-0.2, 0) is 12.3 Å². The number of hydrogen-bond donors (Lipinski definition) is 0. The SMILES string of the molecule is CC(C)(C)C#CC=CCN(CCSCc1cccc(-c2ccsc2)c1)Cc1cscn1. The summed E-state index contributed by atoms with van der Waals surface area (Å²) in [6, 6.07) is 11.1. The molecule has 31 heavy (non-hydrogen) atoms. The Balaban J connectivity index is 1.49. The van der Waals surface area contributed by atoms with E-state index in [0.717, 1.165) is 36.8 Å². The molecule has 3 aromatic rings. The third-order valence-electron chi connectivity index (χ3n) is 4.48. The van der Waals surface area contributed by atoms with Gasteiger partial charge < -0.3 is 0 Å². The van der Waals surface area contributed by atoms with Crippen LogP contribution in [0.15, 0.2) is 64.1 Å². The Morgan fingerprint density at radius 2 is 2.03 bits per heavy atom. The van der Waals surface area contributed by atoms with Crippen molar-refractivity contribution in [1.29, 1.82) is 0 Å². The summed E-state index contributed by atoms with van der Waals surface area (Å²) in [6.45, 7) is 9.21. The van der Waals surface area contributed by atoms with Crippen LogP contribution < -0.4 is 0 Å². The van der Waals surface area contributed by atoms with E-state index >= 15 is 0 Å². The molecular formula is C26H30N2S3. The minimum atomic E-state index is 0.0436. The van der Waals surface area contributed by atoms with Gasteiger partial charge in [-0.1, -0.05) is 42.2 Å². The van der Waals surface area contributed by atoms with Crippen molar-refractivity contribution in [3.05, 3.63) is 75.4 Å². The van der Waals surface area contributed by atoms with Crippen molar-refractivity contribution in [2.24, 2.45) is 5.41 Å². The first-order valence-corrected chi connectivity index (χ1v) is 13.5. The lowest BCUT2D eigenvalue weighted by Gasteiger charge is -2.19. The highest BCUT2D eigenvalue weighted by Gasteiger charge is 2.07. The molecule has 2 nitrogen and oxygen atoms in total. The third kappa shape index (κ3) is 9.04. The van der Waals surface area contributed by atoms with Crippen molar-refractivity contribution in [3.8, 4) is 23.0 Å². The number of hydrogen-bond acceptors (Lipinski definition) is 5. The van der Waals surface area contributed by atoms with Gasteiger partial charge in [0.2, 0.25) is 0 Å². The average Bonchev–Trinajstić information content (AvgIpc) is 3.44. The smallest absolute Gasteiger partial charge is 0.0795 e. The van der Waals surface area contributed by atoms with Gasteiger partial charge in [-0.15, -0.1) is 11.3 Å². The molecule has 2 heterocycles. The molecule has 0 amide bonds. The van der Waals surface area contributed by atoms with E-state index < -0.39 is 0 Å². The number of thioether (sulfide) groups is 1. The molecule has 0 saturated heterocycles. The second-order valence-electron chi connectivity index (χ2n) is 8.40. The van der Waals surface area contributed by atoms with Crippen LogP contribution in [0.4, 0.5) is 0 Å². The standard InChI is InChI=1S/C26H30N2S3/c1-26(2,3)11-5-4-6-12-28(17-25-20-31-21-27-25)13-15-30-18-22-8-7-9-23(16-22)24-10-14-29-19-24/h4,6-10,14,16,19-21H,12-13,15,17-18H2,1-3H3. The summed E-state index contributed by atoms with van der Waals surface area (Å²) in [5.41, 5.74) is 7.11. The fourth-order valence-corrected chi connectivity index (χ4v) is 5.11. The van der Waals surface area contributed by atoms with Crippen LogP contribution >= 0.6 is 34.4 Å². The van der Waals surface area contributed by atoms with Gasteiger partial charge in [-0.3, -0.25) is 4.90 Å². The normalized spacial score (nSPS) is 11.7. The van der Waals surface area contributed by atoms with Gasteiger partial charge in [-0.2, -0.15) is 23.1 Å². The van der Waals surface area contributed by atoms with Gasteiger partial charge in [0.25, 0.3) is 0 Å². The zero-order chi connectivity index (χ0) is 21.9. The van der Waals surface area contributed by atoms with E-state index in [1.54, 1.807) is 22.7 Å². The van der Waals surface area contributed by atoms with Crippen molar-refractivity contribution >= 4 is 34.4 Å². The molecule has 3 rings (SSSR count). The predicted molar refractivity (Wildman–Crippen MR) is 140 cm³/mol. The number of nitrogens with zero attached hydrogens (tertiary/aromatic N) is 2. The van der Waals surface area contributed by atoms with Gasteiger partial charge in [0.15, 0.2) is 0 Å². The second kappa shape index (κ2) is 12.3. The Morgan fingerprint density at radius 1 is 1.13 bits per heavy atom. The summed E-state index contributed by atoms with van der Waals surface area (Å²) in [5, 5.41) is 6.48. The monoisotopic (exact) mass is 466 g/mol. The fourth-order valence-electron chi connectivity index (χ4n) is 2.95. The van der Waals surface area contributed by atoms with E-state index in [-0.39, 0.29) is 5.41 Å². The first-order chi connectivity index (χ1) is 15.0. The average molecular weight is 467 g/mol. The molecule has 162 valence electrons. The van der Waals surface area contributed by atoms with E-state index in [0.29, 0.717) is 0 Å². The van der Waals surface area contributed by atoms with Crippen LogP contribution in [0.2, 0.25) is 0 Å². The molecule has 0 radical (unpaired) electrons. The maximum atomic E-state index is 4.46. The van der Waals surface area contributed by atoms with Crippen molar-refractivity contribution in [2.45, 2.75) is 33.1 Å². The quantitative estimate of drug-likeness (QED) is 0.232. The largest absolute Gasteiger partial charge is 0.293 e. The van der Waals surface area contributed by atoms with Gasteiger partial charge in [-0.05, 0) is 60.4 Å². The van der Waals surface area contributed by atoms with Crippen LogP contribution in [0.3, 0.4) is 0 Å². The van der Waals surface area contributed by atoms with E-state index in [1.807, 2.05) is 23.3 Å². The molecule has 2 aromatic heterocycles. The lowest BCUT2D eigenvalue weighted by Crippen LogP contribution is -2.26. The Morgan fingerprint density at radius 3 is 2.77 bits per heavy atom. The Bertz CT molecular complexity index is 987. The predicted octanol–water partition coefficient (Wildman–Crippen LogP) is 7.21. The summed E-state index contributed by atoms with van der Waals surface area (Å²) in [5.74, 6) is 8.56. The Hall–Kier alpha value is -1.84. The number of rotatable bonds is 10. The van der Waals surface area contributed by atoms with Gasteiger partial charge in [0.1, 0.15) is 0 Å². The summed E-state index contributed by atoms with van der Waals surface area (Å²) >= 11 is 5.40. The molecule has 0 unspecified atom stereocenters. The van der Waals surface area contributed by atoms with E-state index in [1.165, 1.54) is 16.7 Å². The van der Waals surface area contributed by atoms with Crippen LogP contribution in [-0.4, -0.2) is 28.7 Å². The molecule has 0 spiro atoms. The van der Waals surface area contributed by atoms with Crippen LogP contribution in [0.5, 0.6) is 0 Å². The molecule has 1 aromatic carbocycles. The first kappa shape index (κ1) is 23.8. The van der Waals surface area contributed by atoms with Gasteiger partial charge in [0, 0.05) is 41.9 Å². The summed E-state index contributed by atoms with van der Waals surface area (Å²) in [7, 11) is 0. The van der Waals surface area contributed by atoms with E-state index in [9.17, 15) is 0 Å². The number of thiazole rings is 1. The summed E-state index contributed by atoms with van der Waals surface area (Å²) in [6.07, 6.45) is 4.16. The number of thiophene rings is 1. The minimum absolute atomic E-state index is 0.0436. The van der Waals surface area contributed by atoms with Gasteiger partial charge >= 0.3 is 0 Å². The van der Waals surface area contributed by atoms with Crippen molar-refractivity contribution in [3.63, 3.8) is 0 Å². The molecule has 0 atom stereocenters. The highest BCUT2D eigenvalue weighted by molar-refractivity contribution is 7.98. The molecule has 0 aliphatic rings. The molecule has 0 saturated carbocycles. The number of aromatic nitrogens is 1. The Labute approximate surface area is 199 Å². The van der Waals surface area contributed by atoms with Gasteiger partial charge in [-0.25, -0.2) is 4.98 Å².